The molecule has 4 nitrogen and oxygen atoms in total. The normalized spacial score (nSPS) is 13.5. The average molecular weight is 217 g/mol. The van der Waals surface area contributed by atoms with E-state index < -0.39 is 12.0 Å². The number of aliphatic hydroxyl groups is 1. The van der Waals surface area contributed by atoms with Gasteiger partial charge in [-0.15, -0.1) is 0 Å². The van der Waals surface area contributed by atoms with E-state index in [1.54, 1.807) is 0 Å². The molecule has 4 heteroatoms. The molecule has 0 aliphatic heterocycles. The topological polar surface area (TPSA) is 60.8 Å². The maximum atomic E-state index is 11.1. The summed E-state index contributed by atoms with van der Waals surface area (Å²) in [6, 6.07) is -0.217. The van der Waals surface area contributed by atoms with E-state index in [1.165, 1.54) is 0 Å². The number of hydrogen-bond donors (Lipinski definition) is 2. The summed E-state index contributed by atoms with van der Waals surface area (Å²) in [4.78, 5) is 13.0. The van der Waals surface area contributed by atoms with Gasteiger partial charge in [0.1, 0.15) is 6.04 Å². The zero-order valence-corrected chi connectivity index (χ0v) is 9.94. The zero-order valence-electron chi connectivity index (χ0n) is 9.94. The molecule has 0 aromatic carbocycles. The SMILES string of the molecule is CCCC(C(=O)O)N(CCCO)C(C)C. The number of nitrogens with zero attached hydrogens (tertiary/aromatic N) is 1. The molecule has 2 N–H and O–H groups in total. The van der Waals surface area contributed by atoms with E-state index in [-0.39, 0.29) is 12.6 Å². The minimum atomic E-state index is -0.761. The summed E-state index contributed by atoms with van der Waals surface area (Å²) in [5, 5.41) is 17.9. The summed E-state index contributed by atoms with van der Waals surface area (Å²) in [5.41, 5.74) is 0. The second-order valence-electron chi connectivity index (χ2n) is 4.05. The van der Waals surface area contributed by atoms with Crippen LogP contribution in [0.15, 0.2) is 0 Å². The fourth-order valence-corrected chi connectivity index (χ4v) is 1.73. The van der Waals surface area contributed by atoms with Crippen molar-refractivity contribution in [2.45, 2.75) is 52.1 Å². The zero-order chi connectivity index (χ0) is 11.8. The molecule has 0 amide bonds. The molecule has 90 valence electrons. The molecule has 0 saturated heterocycles. The number of rotatable bonds is 8. The van der Waals surface area contributed by atoms with Gasteiger partial charge in [0.2, 0.25) is 0 Å². The monoisotopic (exact) mass is 217 g/mol. The predicted octanol–water partition coefficient (Wildman–Crippen LogP) is 1.33. The molecule has 15 heavy (non-hydrogen) atoms. The van der Waals surface area contributed by atoms with Gasteiger partial charge in [-0.3, -0.25) is 9.69 Å². The third-order valence-electron chi connectivity index (χ3n) is 2.49. The molecule has 0 aliphatic carbocycles. The highest BCUT2D eigenvalue weighted by Gasteiger charge is 2.25. The molecule has 0 spiro atoms. The standard InChI is InChI=1S/C11H23NO3/c1-4-6-10(11(14)15)12(9(2)3)7-5-8-13/h9-10,13H,4-8H2,1-3H3,(H,14,15). The van der Waals surface area contributed by atoms with E-state index in [0.29, 0.717) is 19.4 Å². The first-order chi connectivity index (χ1) is 7.04. The third-order valence-corrected chi connectivity index (χ3v) is 2.49. The second-order valence-corrected chi connectivity index (χ2v) is 4.05. The van der Waals surface area contributed by atoms with Crippen LogP contribution in [0.2, 0.25) is 0 Å². The quantitative estimate of drug-likeness (QED) is 0.644. The number of aliphatic carboxylic acids is 1. The third kappa shape index (κ3) is 5.14. The van der Waals surface area contributed by atoms with Crippen LogP contribution in [0.3, 0.4) is 0 Å². The molecular formula is C11H23NO3. The van der Waals surface area contributed by atoms with Gasteiger partial charge in [0.05, 0.1) is 0 Å². The van der Waals surface area contributed by atoms with Crippen LogP contribution < -0.4 is 0 Å². The lowest BCUT2D eigenvalue weighted by atomic mass is 10.1. The van der Waals surface area contributed by atoms with Crippen LogP contribution in [-0.2, 0) is 4.79 Å². The maximum absolute atomic E-state index is 11.1. The van der Waals surface area contributed by atoms with Gasteiger partial charge in [0.25, 0.3) is 0 Å². The highest BCUT2D eigenvalue weighted by Crippen LogP contribution is 2.12. The lowest BCUT2D eigenvalue weighted by Gasteiger charge is -2.32. The molecule has 0 rings (SSSR count). The van der Waals surface area contributed by atoms with Crippen LogP contribution in [0.5, 0.6) is 0 Å². The maximum Gasteiger partial charge on any atom is 0.320 e. The molecule has 0 heterocycles. The van der Waals surface area contributed by atoms with Crippen molar-refractivity contribution in [3.05, 3.63) is 0 Å². The molecule has 0 aromatic heterocycles. The highest BCUT2D eigenvalue weighted by molar-refractivity contribution is 5.73. The van der Waals surface area contributed by atoms with Crippen molar-refractivity contribution in [2.24, 2.45) is 0 Å². The molecule has 1 atom stereocenters. The largest absolute Gasteiger partial charge is 0.480 e. The van der Waals surface area contributed by atoms with Gasteiger partial charge >= 0.3 is 5.97 Å². The number of carbonyl (C=O) groups is 1. The summed E-state index contributed by atoms with van der Waals surface area (Å²) in [7, 11) is 0. The number of aliphatic hydroxyl groups excluding tert-OH is 1. The molecule has 1 unspecified atom stereocenters. The fourth-order valence-electron chi connectivity index (χ4n) is 1.73. The van der Waals surface area contributed by atoms with Gasteiger partial charge < -0.3 is 10.2 Å². The van der Waals surface area contributed by atoms with Crippen molar-refractivity contribution >= 4 is 5.97 Å². The Balaban J connectivity index is 4.44. The predicted molar refractivity (Wildman–Crippen MR) is 59.9 cm³/mol. The van der Waals surface area contributed by atoms with Crippen molar-refractivity contribution in [1.29, 1.82) is 0 Å². The van der Waals surface area contributed by atoms with Gasteiger partial charge in [0, 0.05) is 19.2 Å². The Morgan fingerprint density at radius 1 is 1.40 bits per heavy atom. The number of carboxylic acids is 1. The van der Waals surface area contributed by atoms with Crippen molar-refractivity contribution in [3.8, 4) is 0 Å². The van der Waals surface area contributed by atoms with Crippen molar-refractivity contribution < 1.29 is 15.0 Å². The van der Waals surface area contributed by atoms with E-state index in [1.807, 2.05) is 25.7 Å². The van der Waals surface area contributed by atoms with Crippen molar-refractivity contribution in [3.63, 3.8) is 0 Å². The smallest absolute Gasteiger partial charge is 0.320 e. The van der Waals surface area contributed by atoms with Gasteiger partial charge in [-0.25, -0.2) is 0 Å². The Bertz CT molecular complexity index is 183. The number of carboxylic acid groups (broad SMARTS) is 1. The molecule has 0 radical (unpaired) electrons. The van der Waals surface area contributed by atoms with Gasteiger partial charge in [0.15, 0.2) is 0 Å². The molecule has 0 aliphatic rings. The highest BCUT2D eigenvalue weighted by atomic mass is 16.4. The molecule has 0 fully saturated rings. The molecule has 0 saturated carbocycles. The van der Waals surface area contributed by atoms with E-state index in [2.05, 4.69) is 0 Å². The van der Waals surface area contributed by atoms with Crippen LogP contribution >= 0.6 is 0 Å². The van der Waals surface area contributed by atoms with Crippen molar-refractivity contribution in [2.75, 3.05) is 13.2 Å². The fraction of sp³-hybridized carbons (Fsp3) is 0.909. The van der Waals surface area contributed by atoms with E-state index in [9.17, 15) is 4.79 Å². The number of hydrogen-bond acceptors (Lipinski definition) is 3. The van der Waals surface area contributed by atoms with Gasteiger partial charge in [-0.1, -0.05) is 13.3 Å². The van der Waals surface area contributed by atoms with Crippen LogP contribution in [0.4, 0.5) is 0 Å². The van der Waals surface area contributed by atoms with E-state index in [4.69, 9.17) is 10.2 Å². The first-order valence-electron chi connectivity index (χ1n) is 5.64. The van der Waals surface area contributed by atoms with E-state index in [0.717, 1.165) is 6.42 Å². The van der Waals surface area contributed by atoms with Crippen molar-refractivity contribution in [1.82, 2.24) is 4.90 Å². The van der Waals surface area contributed by atoms with Crippen LogP contribution in [-0.4, -0.2) is 46.3 Å². The molecule has 0 bridgehead atoms. The van der Waals surface area contributed by atoms with Gasteiger partial charge in [-0.05, 0) is 26.7 Å². The minimum absolute atomic E-state index is 0.113. The first-order valence-corrected chi connectivity index (χ1v) is 5.64. The lowest BCUT2D eigenvalue weighted by molar-refractivity contribution is -0.144. The van der Waals surface area contributed by atoms with E-state index >= 15 is 0 Å². The Labute approximate surface area is 91.9 Å². The van der Waals surface area contributed by atoms with Crippen LogP contribution in [0.25, 0.3) is 0 Å². The molecular weight excluding hydrogens is 194 g/mol. The Morgan fingerprint density at radius 3 is 2.33 bits per heavy atom. The Morgan fingerprint density at radius 2 is 2.00 bits per heavy atom. The minimum Gasteiger partial charge on any atom is -0.480 e. The summed E-state index contributed by atoms with van der Waals surface area (Å²) in [5.74, 6) is -0.761. The first kappa shape index (κ1) is 14.4. The Kier molecular flexibility index (Phi) is 7.34. The second kappa shape index (κ2) is 7.65. The Hall–Kier alpha value is -0.610. The average Bonchev–Trinajstić information content (AvgIpc) is 2.16. The van der Waals surface area contributed by atoms with Gasteiger partial charge in [-0.2, -0.15) is 0 Å². The van der Waals surface area contributed by atoms with Crippen LogP contribution in [0.1, 0.15) is 40.0 Å². The summed E-state index contributed by atoms with van der Waals surface area (Å²) in [6.07, 6.45) is 2.16. The summed E-state index contributed by atoms with van der Waals surface area (Å²) in [6.45, 7) is 6.72. The molecule has 0 aromatic rings. The summed E-state index contributed by atoms with van der Waals surface area (Å²) >= 11 is 0. The lowest BCUT2D eigenvalue weighted by Crippen LogP contribution is -2.45. The summed E-state index contributed by atoms with van der Waals surface area (Å²) < 4.78 is 0. The van der Waals surface area contributed by atoms with Crippen LogP contribution in [0, 0.1) is 0 Å².